The van der Waals surface area contributed by atoms with Crippen LogP contribution < -0.4 is 5.32 Å². The van der Waals surface area contributed by atoms with Crippen LogP contribution in [0.5, 0.6) is 0 Å². The first-order chi connectivity index (χ1) is 9.26. The summed E-state index contributed by atoms with van der Waals surface area (Å²) >= 11 is 0. The minimum Gasteiger partial charge on any atom is -0.351 e. The second kappa shape index (κ2) is 4.56. The number of benzene rings is 1. The molecule has 3 rings (SSSR count). The summed E-state index contributed by atoms with van der Waals surface area (Å²) in [6.45, 7) is 2.10. The Morgan fingerprint density at radius 3 is 3.00 bits per heavy atom. The summed E-state index contributed by atoms with van der Waals surface area (Å²) in [7, 11) is 0. The molecule has 19 heavy (non-hydrogen) atoms. The van der Waals surface area contributed by atoms with Gasteiger partial charge >= 0.3 is 0 Å². The third-order valence-electron chi connectivity index (χ3n) is 2.98. The Morgan fingerprint density at radius 1 is 1.37 bits per heavy atom. The average molecular weight is 255 g/mol. The van der Waals surface area contributed by atoms with Crippen LogP contribution in [0.25, 0.3) is 10.9 Å². The lowest BCUT2D eigenvalue weighted by molar-refractivity contribution is 0.102. The summed E-state index contributed by atoms with van der Waals surface area (Å²) < 4.78 is 0. The first kappa shape index (κ1) is 11.5. The maximum Gasteiger partial charge on any atom is 0.274 e. The Bertz CT molecular complexity index is 714. The fraction of sp³-hybridized carbons (Fsp3) is 0.154. The molecule has 0 aliphatic heterocycles. The van der Waals surface area contributed by atoms with Crippen molar-refractivity contribution in [1.82, 2.24) is 20.2 Å². The molecule has 3 N–H and O–H groups in total. The van der Waals surface area contributed by atoms with E-state index in [0.717, 1.165) is 17.3 Å². The van der Waals surface area contributed by atoms with E-state index in [-0.39, 0.29) is 5.91 Å². The van der Waals surface area contributed by atoms with Crippen LogP contribution >= 0.6 is 0 Å². The molecule has 0 spiro atoms. The Kier molecular flexibility index (Phi) is 2.75. The van der Waals surface area contributed by atoms with E-state index in [0.29, 0.717) is 11.6 Å². The Morgan fingerprint density at radius 2 is 2.26 bits per heavy atom. The molecule has 1 aromatic carbocycles. The molecule has 96 valence electrons. The molecular formula is C13H13N5O. The van der Waals surface area contributed by atoms with Gasteiger partial charge in [0, 0.05) is 10.9 Å². The van der Waals surface area contributed by atoms with Crippen molar-refractivity contribution < 1.29 is 4.79 Å². The molecule has 3 aromatic rings. The van der Waals surface area contributed by atoms with E-state index >= 15 is 0 Å². The van der Waals surface area contributed by atoms with Crippen LogP contribution in [0.1, 0.15) is 23.0 Å². The van der Waals surface area contributed by atoms with Gasteiger partial charge in [0.25, 0.3) is 5.91 Å². The minimum absolute atomic E-state index is 0.244. The van der Waals surface area contributed by atoms with Gasteiger partial charge in [0.2, 0.25) is 5.95 Å². The highest BCUT2D eigenvalue weighted by molar-refractivity contribution is 6.05. The maximum absolute atomic E-state index is 12.0. The number of nitrogens with zero attached hydrogens (tertiary/aromatic N) is 2. The molecule has 2 aromatic heterocycles. The van der Waals surface area contributed by atoms with Crippen LogP contribution in [0.15, 0.2) is 30.6 Å². The molecule has 0 bridgehead atoms. The molecule has 0 atom stereocenters. The number of aryl methyl sites for hydroxylation is 1. The molecule has 0 radical (unpaired) electrons. The van der Waals surface area contributed by atoms with E-state index in [1.165, 1.54) is 11.9 Å². The van der Waals surface area contributed by atoms with E-state index < -0.39 is 0 Å². The fourth-order valence-electron chi connectivity index (χ4n) is 1.96. The van der Waals surface area contributed by atoms with E-state index in [1.807, 2.05) is 12.1 Å². The average Bonchev–Trinajstić information content (AvgIpc) is 3.05. The topological polar surface area (TPSA) is 86.5 Å². The van der Waals surface area contributed by atoms with Crippen molar-refractivity contribution in [3.05, 3.63) is 41.9 Å². The molecule has 0 aliphatic carbocycles. The van der Waals surface area contributed by atoms with Crippen LogP contribution in [0, 0.1) is 0 Å². The predicted octanol–water partition coefficient (Wildman–Crippen LogP) is 2.10. The van der Waals surface area contributed by atoms with Gasteiger partial charge in [0.1, 0.15) is 12.0 Å². The molecule has 1 amide bonds. The molecule has 0 fully saturated rings. The number of carbonyl (C=O) groups is 1. The van der Waals surface area contributed by atoms with Gasteiger partial charge in [-0.3, -0.25) is 10.1 Å². The first-order valence-electron chi connectivity index (χ1n) is 6.04. The zero-order chi connectivity index (χ0) is 13.2. The van der Waals surface area contributed by atoms with Crippen molar-refractivity contribution >= 4 is 22.8 Å². The normalized spacial score (nSPS) is 10.8. The van der Waals surface area contributed by atoms with E-state index in [1.54, 1.807) is 0 Å². The smallest absolute Gasteiger partial charge is 0.274 e. The Hall–Kier alpha value is -2.63. The van der Waals surface area contributed by atoms with Crippen LogP contribution in [0.3, 0.4) is 0 Å². The van der Waals surface area contributed by atoms with Crippen molar-refractivity contribution in [1.29, 1.82) is 0 Å². The molecule has 0 saturated carbocycles. The molecule has 0 saturated heterocycles. The first-order valence-corrected chi connectivity index (χ1v) is 6.04. The number of amides is 1. The van der Waals surface area contributed by atoms with E-state index in [2.05, 4.69) is 44.5 Å². The van der Waals surface area contributed by atoms with E-state index in [4.69, 9.17) is 0 Å². The van der Waals surface area contributed by atoms with Crippen LogP contribution in [0.4, 0.5) is 5.95 Å². The third kappa shape index (κ3) is 2.20. The lowest BCUT2D eigenvalue weighted by atomic mass is 10.1. The minimum atomic E-state index is -0.244. The van der Waals surface area contributed by atoms with Gasteiger partial charge in [-0.1, -0.05) is 13.0 Å². The third-order valence-corrected chi connectivity index (χ3v) is 2.98. The van der Waals surface area contributed by atoms with Gasteiger partial charge in [-0.25, -0.2) is 5.10 Å². The number of anilines is 1. The summed E-state index contributed by atoms with van der Waals surface area (Å²) in [5.74, 6) is 0.0869. The zero-order valence-corrected chi connectivity index (χ0v) is 10.4. The number of aromatic amines is 2. The predicted molar refractivity (Wildman–Crippen MR) is 72.0 cm³/mol. The summed E-state index contributed by atoms with van der Waals surface area (Å²) in [4.78, 5) is 18.9. The van der Waals surface area contributed by atoms with Gasteiger partial charge in [-0.2, -0.15) is 10.1 Å². The van der Waals surface area contributed by atoms with Gasteiger partial charge in [0.15, 0.2) is 0 Å². The number of hydrogen-bond donors (Lipinski definition) is 3. The van der Waals surface area contributed by atoms with Gasteiger partial charge < -0.3 is 4.98 Å². The summed E-state index contributed by atoms with van der Waals surface area (Å²) in [5, 5.41) is 9.91. The van der Waals surface area contributed by atoms with Crippen LogP contribution in [-0.2, 0) is 6.42 Å². The largest absolute Gasteiger partial charge is 0.351 e. The van der Waals surface area contributed by atoms with Crippen molar-refractivity contribution in [2.24, 2.45) is 0 Å². The fourth-order valence-corrected chi connectivity index (χ4v) is 1.96. The molecule has 0 aliphatic rings. The van der Waals surface area contributed by atoms with Crippen LogP contribution in [-0.4, -0.2) is 26.1 Å². The van der Waals surface area contributed by atoms with Crippen LogP contribution in [0.2, 0.25) is 0 Å². The monoisotopic (exact) mass is 255 g/mol. The SMILES string of the molecule is CCc1ccc2[nH]c(C(=O)Nc3ncn[nH]3)cc2c1. The van der Waals surface area contributed by atoms with Crippen molar-refractivity contribution in [2.75, 3.05) is 5.32 Å². The zero-order valence-electron chi connectivity index (χ0n) is 10.4. The van der Waals surface area contributed by atoms with Gasteiger partial charge in [-0.05, 0) is 30.2 Å². The summed E-state index contributed by atoms with van der Waals surface area (Å²) in [6, 6.07) is 7.95. The Labute approximate surface area is 109 Å². The lowest BCUT2D eigenvalue weighted by Gasteiger charge is -1.97. The van der Waals surface area contributed by atoms with E-state index in [9.17, 15) is 4.79 Å². The van der Waals surface area contributed by atoms with Crippen molar-refractivity contribution in [2.45, 2.75) is 13.3 Å². The lowest BCUT2D eigenvalue weighted by Crippen LogP contribution is -2.13. The van der Waals surface area contributed by atoms with Gasteiger partial charge in [-0.15, -0.1) is 0 Å². The maximum atomic E-state index is 12.0. The number of fused-ring (bicyclic) bond motifs is 1. The molecule has 6 nitrogen and oxygen atoms in total. The second-order valence-electron chi connectivity index (χ2n) is 4.25. The highest BCUT2D eigenvalue weighted by Crippen LogP contribution is 2.18. The van der Waals surface area contributed by atoms with Gasteiger partial charge in [0.05, 0.1) is 0 Å². The number of hydrogen-bond acceptors (Lipinski definition) is 3. The highest BCUT2D eigenvalue weighted by Gasteiger charge is 2.11. The van der Waals surface area contributed by atoms with Crippen molar-refractivity contribution in [3.8, 4) is 0 Å². The molecule has 2 heterocycles. The number of aromatic nitrogens is 4. The highest BCUT2D eigenvalue weighted by atomic mass is 16.2. The standard InChI is InChI=1S/C13H13N5O/c1-2-8-3-4-10-9(5-8)6-11(16-10)12(19)17-13-14-7-15-18-13/h3-7,16H,2H2,1H3,(H2,14,15,17,18,19). The Balaban J connectivity index is 1.90. The van der Waals surface area contributed by atoms with Crippen molar-refractivity contribution in [3.63, 3.8) is 0 Å². The number of nitrogens with one attached hydrogen (secondary N) is 3. The quantitative estimate of drug-likeness (QED) is 0.669. The summed E-state index contributed by atoms with van der Waals surface area (Å²) in [5.41, 5.74) is 2.69. The number of carbonyl (C=O) groups excluding carboxylic acids is 1. The number of H-pyrrole nitrogens is 2. The molecule has 6 heteroatoms. The summed E-state index contributed by atoms with van der Waals surface area (Å²) in [6.07, 6.45) is 2.31. The second-order valence-corrected chi connectivity index (χ2v) is 4.25. The molecule has 0 unspecified atom stereocenters. The molecular weight excluding hydrogens is 242 g/mol. The number of rotatable bonds is 3.